The van der Waals surface area contributed by atoms with Gasteiger partial charge >= 0.3 is 0 Å². The number of hydrogen-bond acceptors (Lipinski definition) is 6. The standard InChI is InChI=1S/C22H20F2N6O2/c1-11-6-7-16(23)19(17(11)24)27-22(32)15-8-12-4-2-3-5-14(12)18(20(15)31)28-30-21-13(9-25)10-26-29-21/h2-7,10-11,15,17,28,31H,8H2,1H3,(H,27,32)(H2,26,29,30). The number of nitrogens with zero attached hydrogens (tertiary/aromatic N) is 2. The Bertz CT molecular complexity index is 1190. The molecule has 1 amide bonds. The van der Waals surface area contributed by atoms with E-state index in [0.717, 1.165) is 11.6 Å². The monoisotopic (exact) mass is 438 g/mol. The number of hydrogen-bond donors (Lipinski definition) is 5. The maximum absolute atomic E-state index is 14.5. The van der Waals surface area contributed by atoms with Gasteiger partial charge in [0, 0.05) is 11.5 Å². The van der Waals surface area contributed by atoms with E-state index in [-0.39, 0.29) is 29.3 Å². The Balaban J connectivity index is 1.63. The van der Waals surface area contributed by atoms with Gasteiger partial charge in [0.15, 0.2) is 5.82 Å². The molecule has 3 atom stereocenters. The number of nitriles is 1. The Morgan fingerprint density at radius 2 is 2.12 bits per heavy atom. The number of anilines is 1. The molecule has 2 aliphatic carbocycles. The molecule has 2 aromatic rings. The summed E-state index contributed by atoms with van der Waals surface area (Å²) in [7, 11) is 0. The van der Waals surface area contributed by atoms with Crippen LogP contribution in [0.1, 0.15) is 23.6 Å². The molecule has 0 fully saturated rings. The molecule has 164 valence electrons. The number of aliphatic hydroxyl groups excluding tert-OH is 1. The van der Waals surface area contributed by atoms with Gasteiger partial charge in [0.25, 0.3) is 0 Å². The van der Waals surface area contributed by atoms with Crippen molar-refractivity contribution in [1.82, 2.24) is 20.9 Å². The molecule has 10 heteroatoms. The van der Waals surface area contributed by atoms with E-state index in [1.54, 1.807) is 31.2 Å². The molecule has 3 unspecified atom stereocenters. The van der Waals surface area contributed by atoms with Crippen molar-refractivity contribution >= 4 is 17.4 Å². The smallest absolute Gasteiger partial charge is 0.235 e. The molecule has 0 aliphatic heterocycles. The van der Waals surface area contributed by atoms with Crippen LogP contribution < -0.4 is 16.2 Å². The van der Waals surface area contributed by atoms with Crippen molar-refractivity contribution < 1.29 is 18.7 Å². The highest BCUT2D eigenvalue weighted by atomic mass is 19.1. The number of carbonyl (C=O) groups is 1. The zero-order valence-corrected chi connectivity index (χ0v) is 17.0. The summed E-state index contributed by atoms with van der Waals surface area (Å²) in [6.45, 7) is 1.58. The molecule has 32 heavy (non-hydrogen) atoms. The fraction of sp³-hybridized carbons (Fsp3) is 0.227. The number of halogens is 2. The third-order valence-electron chi connectivity index (χ3n) is 5.48. The summed E-state index contributed by atoms with van der Waals surface area (Å²) in [6.07, 6.45) is 2.29. The fourth-order valence-corrected chi connectivity index (χ4v) is 3.68. The van der Waals surface area contributed by atoms with Gasteiger partial charge in [0.2, 0.25) is 5.91 Å². The van der Waals surface area contributed by atoms with Gasteiger partial charge in [-0.1, -0.05) is 37.3 Å². The first-order valence-corrected chi connectivity index (χ1v) is 9.90. The summed E-state index contributed by atoms with van der Waals surface area (Å²) in [5, 5.41) is 28.8. The van der Waals surface area contributed by atoms with Crippen molar-refractivity contribution in [3.63, 3.8) is 0 Å². The first kappa shape index (κ1) is 21.1. The Morgan fingerprint density at radius 3 is 2.91 bits per heavy atom. The normalized spacial score (nSPS) is 22.2. The second kappa shape index (κ2) is 8.55. The Labute approximate surface area is 182 Å². The van der Waals surface area contributed by atoms with Crippen molar-refractivity contribution in [2.75, 3.05) is 5.43 Å². The number of hydrazine groups is 1. The molecule has 8 nitrogen and oxygen atoms in total. The van der Waals surface area contributed by atoms with E-state index in [1.807, 2.05) is 6.07 Å². The van der Waals surface area contributed by atoms with E-state index in [1.165, 1.54) is 12.3 Å². The minimum Gasteiger partial charge on any atom is -0.509 e. The number of carbonyl (C=O) groups excluding carboxylic acids is 1. The van der Waals surface area contributed by atoms with E-state index >= 15 is 0 Å². The average molecular weight is 438 g/mol. The third kappa shape index (κ3) is 3.80. The molecule has 0 radical (unpaired) electrons. The lowest BCUT2D eigenvalue weighted by molar-refractivity contribution is -0.124. The highest BCUT2D eigenvalue weighted by Crippen LogP contribution is 2.33. The van der Waals surface area contributed by atoms with Gasteiger partial charge < -0.3 is 10.4 Å². The number of nitrogens with one attached hydrogen (secondary N) is 4. The van der Waals surface area contributed by atoms with Crippen molar-refractivity contribution in [1.29, 1.82) is 5.26 Å². The number of alkyl halides is 1. The van der Waals surface area contributed by atoms with Gasteiger partial charge in [-0.05, 0) is 18.1 Å². The van der Waals surface area contributed by atoms with Gasteiger partial charge in [-0.3, -0.25) is 20.7 Å². The first-order chi connectivity index (χ1) is 15.4. The summed E-state index contributed by atoms with van der Waals surface area (Å²) < 4.78 is 28.7. The summed E-state index contributed by atoms with van der Waals surface area (Å²) in [4.78, 5) is 13.0. The third-order valence-corrected chi connectivity index (χ3v) is 5.48. The number of aromatic nitrogens is 2. The van der Waals surface area contributed by atoms with E-state index < -0.39 is 35.4 Å². The van der Waals surface area contributed by atoms with Gasteiger partial charge in [-0.15, -0.1) is 0 Å². The predicted octanol–water partition coefficient (Wildman–Crippen LogP) is 3.14. The lowest BCUT2D eigenvalue weighted by Crippen LogP contribution is -2.40. The number of rotatable bonds is 5. The van der Waals surface area contributed by atoms with Crippen LogP contribution in [0.2, 0.25) is 0 Å². The molecule has 0 spiro atoms. The van der Waals surface area contributed by atoms with E-state index in [2.05, 4.69) is 26.4 Å². The summed E-state index contributed by atoms with van der Waals surface area (Å²) in [5.74, 6) is -3.29. The Kier molecular flexibility index (Phi) is 5.64. The second-order valence-electron chi connectivity index (χ2n) is 7.57. The minimum absolute atomic E-state index is 0.143. The van der Waals surface area contributed by atoms with Crippen LogP contribution in [-0.4, -0.2) is 27.4 Å². The van der Waals surface area contributed by atoms with Crippen molar-refractivity contribution in [2.24, 2.45) is 11.8 Å². The topological polar surface area (TPSA) is 126 Å². The molecule has 1 aromatic heterocycles. The molecular formula is C22H20F2N6O2. The average Bonchev–Trinajstić information content (AvgIpc) is 3.25. The summed E-state index contributed by atoms with van der Waals surface area (Å²) in [6, 6.07) is 9.07. The molecular weight excluding hydrogens is 418 g/mol. The van der Waals surface area contributed by atoms with Crippen molar-refractivity contribution in [3.05, 3.63) is 76.6 Å². The Morgan fingerprint density at radius 1 is 1.34 bits per heavy atom. The SMILES string of the molecule is CC1C=CC(F)=C(NC(=O)C2Cc3ccccc3C(NNc3[nH]ncc3C#N)=C2O)C1F. The summed E-state index contributed by atoms with van der Waals surface area (Å²) >= 11 is 0. The lowest BCUT2D eigenvalue weighted by Gasteiger charge is -2.29. The predicted molar refractivity (Wildman–Crippen MR) is 113 cm³/mol. The number of fused-ring (bicyclic) bond motifs is 1. The maximum atomic E-state index is 14.5. The zero-order chi connectivity index (χ0) is 22.8. The molecule has 4 rings (SSSR count). The molecule has 0 saturated carbocycles. The van der Waals surface area contributed by atoms with Crippen LogP contribution in [-0.2, 0) is 11.2 Å². The maximum Gasteiger partial charge on any atom is 0.235 e. The van der Waals surface area contributed by atoms with E-state index in [4.69, 9.17) is 5.26 Å². The highest BCUT2D eigenvalue weighted by Gasteiger charge is 2.35. The molecule has 1 aromatic carbocycles. The van der Waals surface area contributed by atoms with Crippen molar-refractivity contribution in [3.8, 4) is 6.07 Å². The number of aromatic amines is 1. The van der Waals surface area contributed by atoms with Crippen LogP contribution in [0.25, 0.3) is 5.70 Å². The van der Waals surface area contributed by atoms with Gasteiger partial charge in [0.1, 0.15) is 35.3 Å². The van der Waals surface area contributed by atoms with Crippen LogP contribution >= 0.6 is 0 Å². The molecule has 0 bridgehead atoms. The van der Waals surface area contributed by atoms with E-state index in [9.17, 15) is 18.7 Å². The van der Waals surface area contributed by atoms with Crippen molar-refractivity contribution in [2.45, 2.75) is 19.5 Å². The van der Waals surface area contributed by atoms with Crippen LogP contribution in [0.4, 0.5) is 14.6 Å². The fourth-order valence-electron chi connectivity index (χ4n) is 3.68. The van der Waals surface area contributed by atoms with Gasteiger partial charge in [0.05, 0.1) is 17.6 Å². The summed E-state index contributed by atoms with van der Waals surface area (Å²) in [5.41, 5.74) is 6.99. The molecule has 0 saturated heterocycles. The number of benzene rings is 1. The highest BCUT2D eigenvalue weighted by molar-refractivity contribution is 5.88. The van der Waals surface area contributed by atoms with Crippen LogP contribution in [0, 0.1) is 23.2 Å². The molecule has 1 heterocycles. The number of allylic oxidation sites excluding steroid dienone is 4. The number of amides is 1. The largest absolute Gasteiger partial charge is 0.509 e. The Hall–Kier alpha value is -4.13. The van der Waals surface area contributed by atoms with Crippen LogP contribution in [0.5, 0.6) is 0 Å². The van der Waals surface area contributed by atoms with Gasteiger partial charge in [-0.25, -0.2) is 8.78 Å². The molecule has 5 N–H and O–H groups in total. The van der Waals surface area contributed by atoms with Crippen LogP contribution in [0.3, 0.4) is 0 Å². The van der Waals surface area contributed by atoms with Gasteiger partial charge in [-0.2, -0.15) is 10.4 Å². The minimum atomic E-state index is -1.70. The molecule has 2 aliphatic rings. The quantitative estimate of drug-likeness (QED) is 0.457. The number of H-pyrrole nitrogens is 1. The van der Waals surface area contributed by atoms with Crippen LogP contribution in [0.15, 0.2) is 59.9 Å². The van der Waals surface area contributed by atoms with E-state index in [0.29, 0.717) is 5.56 Å². The lowest BCUT2D eigenvalue weighted by atomic mass is 9.85. The first-order valence-electron chi connectivity index (χ1n) is 9.90. The zero-order valence-electron chi connectivity index (χ0n) is 17.0. The second-order valence-corrected chi connectivity index (χ2v) is 7.57. The number of aliphatic hydroxyl groups is 1.